The zero-order valence-corrected chi connectivity index (χ0v) is 18.0. The van der Waals surface area contributed by atoms with Gasteiger partial charge in [-0.25, -0.2) is 0 Å². The van der Waals surface area contributed by atoms with E-state index >= 15 is 0 Å². The fourth-order valence-electron chi connectivity index (χ4n) is 3.74. The lowest BCUT2D eigenvalue weighted by molar-refractivity contribution is 0.244. The van der Waals surface area contributed by atoms with Gasteiger partial charge in [-0.05, 0) is 73.0 Å². The van der Waals surface area contributed by atoms with Gasteiger partial charge in [0.15, 0.2) is 0 Å². The highest BCUT2D eigenvalue weighted by Gasteiger charge is 2.33. The molecular weight excluding hydrogens is 308 g/mol. The number of allylic oxidation sites excluding steroid dienone is 4. The van der Waals surface area contributed by atoms with Crippen molar-refractivity contribution in [2.75, 3.05) is 11.5 Å². The fourth-order valence-corrected chi connectivity index (χ4v) is 5.10. The van der Waals surface area contributed by atoms with Crippen molar-refractivity contribution in [2.24, 2.45) is 10.8 Å². The van der Waals surface area contributed by atoms with Crippen LogP contribution in [0.5, 0.6) is 0 Å². The van der Waals surface area contributed by atoms with Crippen molar-refractivity contribution in [3.8, 4) is 0 Å². The molecule has 0 aromatic heterocycles. The maximum absolute atomic E-state index is 4.57. The van der Waals surface area contributed by atoms with Crippen molar-refractivity contribution in [2.45, 2.75) is 86.5 Å². The van der Waals surface area contributed by atoms with E-state index in [1.807, 2.05) is 0 Å². The third-order valence-electron chi connectivity index (χ3n) is 6.72. The first-order chi connectivity index (χ1) is 11.2. The Bertz CT molecular complexity index is 470. The zero-order chi connectivity index (χ0) is 18.4. The Hall–Kier alpha value is -0.430. The Labute approximate surface area is 156 Å². The summed E-state index contributed by atoms with van der Waals surface area (Å²) < 4.78 is 0. The highest BCUT2D eigenvalue weighted by Crippen LogP contribution is 2.46. The van der Waals surface area contributed by atoms with Gasteiger partial charge in [0.2, 0.25) is 0 Å². The molecule has 0 nitrogen and oxygen atoms in total. The molecule has 0 bridgehead atoms. The molecule has 0 N–H and O–H groups in total. The summed E-state index contributed by atoms with van der Waals surface area (Å²) in [4.78, 5) is 0. The SMILES string of the molecule is C=C(C)/C(C)=C(\CC1(CC)CCSCC1)C(=C)CC(C)(CC)CC. The summed E-state index contributed by atoms with van der Waals surface area (Å²) in [5.41, 5.74) is 6.34. The van der Waals surface area contributed by atoms with Crippen molar-refractivity contribution in [1.82, 2.24) is 0 Å². The molecule has 1 rings (SSSR count). The van der Waals surface area contributed by atoms with Crippen molar-refractivity contribution in [1.29, 1.82) is 0 Å². The van der Waals surface area contributed by atoms with Gasteiger partial charge in [-0.1, -0.05) is 71.3 Å². The Morgan fingerprint density at radius 3 is 2.00 bits per heavy atom. The quantitative estimate of drug-likeness (QED) is 0.381. The summed E-state index contributed by atoms with van der Waals surface area (Å²) in [5, 5.41) is 0. The van der Waals surface area contributed by atoms with Crippen LogP contribution in [0.15, 0.2) is 35.5 Å². The monoisotopic (exact) mass is 348 g/mol. The zero-order valence-electron chi connectivity index (χ0n) is 17.2. The first-order valence-electron chi connectivity index (χ1n) is 9.84. The largest absolute Gasteiger partial charge is 0.162 e. The lowest BCUT2D eigenvalue weighted by Gasteiger charge is -2.39. The van der Waals surface area contributed by atoms with Gasteiger partial charge in [0.05, 0.1) is 0 Å². The van der Waals surface area contributed by atoms with Gasteiger partial charge in [0.25, 0.3) is 0 Å². The molecule has 0 aromatic carbocycles. The molecule has 0 aliphatic carbocycles. The normalized spacial score (nSPS) is 18.9. The average Bonchev–Trinajstić information content (AvgIpc) is 2.59. The molecule has 0 amide bonds. The molecule has 1 fully saturated rings. The molecule has 1 aliphatic rings. The van der Waals surface area contributed by atoms with Crippen LogP contribution in [0, 0.1) is 10.8 Å². The summed E-state index contributed by atoms with van der Waals surface area (Å²) in [5.74, 6) is 2.64. The van der Waals surface area contributed by atoms with Gasteiger partial charge in [-0.15, -0.1) is 0 Å². The maximum atomic E-state index is 4.57. The van der Waals surface area contributed by atoms with E-state index in [9.17, 15) is 0 Å². The number of thioether (sulfide) groups is 1. The Morgan fingerprint density at radius 1 is 1.04 bits per heavy atom. The number of hydrogen-bond acceptors (Lipinski definition) is 1. The lowest BCUT2D eigenvalue weighted by atomic mass is 9.70. The van der Waals surface area contributed by atoms with Crippen LogP contribution < -0.4 is 0 Å². The van der Waals surface area contributed by atoms with Crippen molar-refractivity contribution in [3.05, 3.63) is 35.5 Å². The van der Waals surface area contributed by atoms with E-state index in [-0.39, 0.29) is 0 Å². The van der Waals surface area contributed by atoms with Crippen LogP contribution in [-0.2, 0) is 0 Å². The first kappa shape index (κ1) is 21.6. The first-order valence-corrected chi connectivity index (χ1v) is 11.0. The van der Waals surface area contributed by atoms with Gasteiger partial charge >= 0.3 is 0 Å². The minimum atomic E-state index is 0.374. The molecule has 0 radical (unpaired) electrons. The van der Waals surface area contributed by atoms with Gasteiger partial charge < -0.3 is 0 Å². The molecule has 1 saturated heterocycles. The highest BCUT2D eigenvalue weighted by atomic mass is 32.2. The highest BCUT2D eigenvalue weighted by molar-refractivity contribution is 7.99. The molecule has 24 heavy (non-hydrogen) atoms. The number of hydrogen-bond donors (Lipinski definition) is 0. The van der Waals surface area contributed by atoms with Gasteiger partial charge in [0, 0.05) is 0 Å². The average molecular weight is 349 g/mol. The Balaban J connectivity index is 3.11. The molecule has 1 heterocycles. The van der Waals surface area contributed by atoms with Gasteiger partial charge in [0.1, 0.15) is 0 Å². The summed E-state index contributed by atoms with van der Waals surface area (Å²) in [6, 6.07) is 0. The molecule has 0 spiro atoms. The van der Waals surface area contributed by atoms with E-state index in [2.05, 4.69) is 66.5 Å². The minimum Gasteiger partial charge on any atom is -0.162 e. The van der Waals surface area contributed by atoms with Crippen LogP contribution in [0.3, 0.4) is 0 Å². The van der Waals surface area contributed by atoms with E-state index in [1.165, 1.54) is 72.3 Å². The molecule has 0 saturated carbocycles. The molecule has 0 unspecified atom stereocenters. The smallest absolute Gasteiger partial charge is 0.00621 e. The summed E-state index contributed by atoms with van der Waals surface area (Å²) >= 11 is 2.12. The molecule has 0 aromatic rings. The Morgan fingerprint density at radius 2 is 1.58 bits per heavy atom. The van der Waals surface area contributed by atoms with Gasteiger partial charge in [-0.3, -0.25) is 0 Å². The Kier molecular flexibility index (Phi) is 8.39. The molecular formula is C23H40S. The minimum absolute atomic E-state index is 0.374. The van der Waals surface area contributed by atoms with Crippen molar-refractivity contribution in [3.63, 3.8) is 0 Å². The van der Waals surface area contributed by atoms with E-state index < -0.39 is 0 Å². The van der Waals surface area contributed by atoms with E-state index in [0.29, 0.717) is 10.8 Å². The van der Waals surface area contributed by atoms with E-state index in [0.717, 1.165) is 6.42 Å². The second kappa shape index (κ2) is 9.32. The van der Waals surface area contributed by atoms with Crippen LogP contribution >= 0.6 is 11.8 Å². The standard InChI is InChI=1S/C23H40S/c1-9-22(8,10-2)16-19(6)21(20(7)18(4)5)17-23(11-3)12-14-24-15-13-23/h4,6,9-17H2,1-3,5,7-8H3/b21-20+. The molecule has 1 heteroatoms. The topological polar surface area (TPSA) is 0 Å². The fraction of sp³-hybridized carbons (Fsp3) is 0.739. The molecule has 0 atom stereocenters. The molecule has 1 aliphatic heterocycles. The summed E-state index contributed by atoms with van der Waals surface area (Å²) in [6.07, 6.45) is 8.75. The third kappa shape index (κ3) is 5.55. The summed E-state index contributed by atoms with van der Waals surface area (Å²) in [6.45, 7) is 22.6. The van der Waals surface area contributed by atoms with Crippen LogP contribution in [0.25, 0.3) is 0 Å². The van der Waals surface area contributed by atoms with Crippen LogP contribution in [0.1, 0.15) is 86.5 Å². The van der Waals surface area contributed by atoms with Gasteiger partial charge in [-0.2, -0.15) is 11.8 Å². The van der Waals surface area contributed by atoms with Crippen LogP contribution in [0.2, 0.25) is 0 Å². The second-order valence-electron chi connectivity index (χ2n) is 8.32. The van der Waals surface area contributed by atoms with Crippen LogP contribution in [-0.4, -0.2) is 11.5 Å². The third-order valence-corrected chi connectivity index (χ3v) is 7.71. The predicted octanol–water partition coefficient (Wildman–Crippen LogP) is 7.97. The van der Waals surface area contributed by atoms with E-state index in [4.69, 9.17) is 0 Å². The van der Waals surface area contributed by atoms with Crippen LogP contribution in [0.4, 0.5) is 0 Å². The van der Waals surface area contributed by atoms with E-state index in [1.54, 1.807) is 0 Å². The number of rotatable bonds is 9. The molecule has 138 valence electrons. The van der Waals surface area contributed by atoms with Crippen molar-refractivity contribution >= 4 is 11.8 Å². The predicted molar refractivity (Wildman–Crippen MR) is 114 cm³/mol. The summed E-state index contributed by atoms with van der Waals surface area (Å²) in [7, 11) is 0. The maximum Gasteiger partial charge on any atom is -0.00621 e. The van der Waals surface area contributed by atoms with Crippen molar-refractivity contribution < 1.29 is 0 Å². The lowest BCUT2D eigenvalue weighted by Crippen LogP contribution is -2.27. The second-order valence-corrected chi connectivity index (χ2v) is 9.55.